The van der Waals surface area contributed by atoms with Crippen molar-refractivity contribution in [2.45, 2.75) is 44.4 Å². The van der Waals surface area contributed by atoms with Gasteiger partial charge in [0.05, 0.1) is 0 Å². The first-order chi connectivity index (χ1) is 7.83. The molecule has 0 bridgehead atoms. The van der Waals surface area contributed by atoms with Crippen molar-refractivity contribution in [3.63, 3.8) is 0 Å². The van der Waals surface area contributed by atoms with E-state index in [1.165, 1.54) is 37.7 Å². The van der Waals surface area contributed by atoms with Gasteiger partial charge in [0.15, 0.2) is 5.78 Å². The average molecular weight is 214 g/mol. The van der Waals surface area contributed by atoms with E-state index in [4.69, 9.17) is 0 Å². The highest BCUT2D eigenvalue weighted by molar-refractivity contribution is 5.96. The van der Waals surface area contributed by atoms with E-state index in [1.807, 2.05) is 12.1 Å². The molecule has 1 aromatic carbocycles. The summed E-state index contributed by atoms with van der Waals surface area (Å²) in [7, 11) is 0. The summed E-state index contributed by atoms with van der Waals surface area (Å²) in [4.78, 5) is 11.9. The van der Waals surface area contributed by atoms with Crippen LogP contribution in [0, 0.1) is 5.92 Å². The lowest BCUT2D eigenvalue weighted by molar-refractivity contribution is 0.0976. The number of benzene rings is 1. The third-order valence-electron chi connectivity index (χ3n) is 3.98. The molecule has 2 saturated carbocycles. The largest absolute Gasteiger partial charge is 0.294 e. The van der Waals surface area contributed by atoms with E-state index in [2.05, 4.69) is 12.1 Å². The fourth-order valence-electron chi connectivity index (χ4n) is 2.38. The summed E-state index contributed by atoms with van der Waals surface area (Å²) >= 11 is 0. The smallest absolute Gasteiger partial charge is 0.163 e. The Morgan fingerprint density at radius 2 is 1.75 bits per heavy atom. The van der Waals surface area contributed by atoms with Gasteiger partial charge >= 0.3 is 0 Å². The Morgan fingerprint density at radius 3 is 2.25 bits per heavy atom. The second kappa shape index (κ2) is 4.04. The van der Waals surface area contributed by atoms with Gasteiger partial charge in [-0.3, -0.25) is 4.79 Å². The minimum atomic E-state index is 0.336. The van der Waals surface area contributed by atoms with Gasteiger partial charge in [0.25, 0.3) is 0 Å². The number of hydrogen-bond acceptors (Lipinski definition) is 1. The normalized spacial score (nSPS) is 20.5. The van der Waals surface area contributed by atoms with Gasteiger partial charge in [0.2, 0.25) is 0 Å². The van der Waals surface area contributed by atoms with Gasteiger partial charge in [-0.2, -0.15) is 0 Å². The van der Waals surface area contributed by atoms with Gasteiger partial charge in [-0.05, 0) is 43.1 Å². The molecule has 3 rings (SSSR count). The van der Waals surface area contributed by atoms with Crippen molar-refractivity contribution in [3.05, 3.63) is 35.4 Å². The zero-order chi connectivity index (χ0) is 11.0. The Balaban J connectivity index is 1.68. The summed E-state index contributed by atoms with van der Waals surface area (Å²) in [6.45, 7) is 0. The molecule has 0 amide bonds. The number of rotatable bonds is 4. The monoisotopic (exact) mass is 214 g/mol. The van der Waals surface area contributed by atoms with Crippen LogP contribution >= 0.6 is 0 Å². The topological polar surface area (TPSA) is 17.1 Å². The van der Waals surface area contributed by atoms with Gasteiger partial charge in [0, 0.05) is 12.0 Å². The predicted octanol–water partition coefficient (Wildman–Crippen LogP) is 3.94. The quantitative estimate of drug-likeness (QED) is 0.694. The first-order valence-electron chi connectivity index (χ1n) is 6.46. The van der Waals surface area contributed by atoms with E-state index in [1.54, 1.807) is 0 Å². The lowest BCUT2D eigenvalue weighted by Gasteiger charge is -2.25. The summed E-state index contributed by atoms with van der Waals surface area (Å²) in [6.07, 6.45) is 7.30. The van der Waals surface area contributed by atoms with E-state index < -0.39 is 0 Å². The molecule has 0 N–H and O–H groups in total. The number of hydrogen-bond donors (Lipinski definition) is 0. The molecule has 1 aromatic rings. The number of carbonyl (C=O) groups excluding carboxylic acids is 1. The maximum Gasteiger partial charge on any atom is 0.163 e. The highest BCUT2D eigenvalue weighted by Gasteiger charge is 2.25. The van der Waals surface area contributed by atoms with Crippen molar-refractivity contribution in [2.75, 3.05) is 0 Å². The Labute approximate surface area is 96.9 Å². The van der Waals surface area contributed by atoms with Gasteiger partial charge in [-0.25, -0.2) is 0 Å². The first-order valence-corrected chi connectivity index (χ1v) is 6.46. The van der Waals surface area contributed by atoms with Crippen LogP contribution in [-0.4, -0.2) is 5.78 Å². The van der Waals surface area contributed by atoms with Crippen LogP contribution in [0.25, 0.3) is 0 Å². The molecule has 84 valence electrons. The fourth-order valence-corrected chi connectivity index (χ4v) is 2.38. The highest BCUT2D eigenvalue weighted by Crippen LogP contribution is 2.37. The molecule has 2 aliphatic carbocycles. The van der Waals surface area contributed by atoms with Crippen LogP contribution < -0.4 is 0 Å². The molecular weight excluding hydrogens is 196 g/mol. The third-order valence-corrected chi connectivity index (χ3v) is 3.98. The minimum absolute atomic E-state index is 0.336. The minimum Gasteiger partial charge on any atom is -0.294 e. The Morgan fingerprint density at radius 1 is 1.06 bits per heavy atom. The summed E-state index contributed by atoms with van der Waals surface area (Å²) in [5.74, 6) is 1.80. The molecule has 0 radical (unpaired) electrons. The molecule has 0 aliphatic heterocycles. The molecule has 0 unspecified atom stereocenters. The lowest BCUT2D eigenvalue weighted by Crippen LogP contribution is -2.09. The molecule has 16 heavy (non-hydrogen) atoms. The zero-order valence-electron chi connectivity index (χ0n) is 9.61. The molecule has 0 saturated heterocycles. The van der Waals surface area contributed by atoms with E-state index in [9.17, 15) is 4.79 Å². The molecule has 2 fully saturated rings. The van der Waals surface area contributed by atoms with E-state index in [0.717, 1.165) is 17.9 Å². The number of Topliss-reactive ketones (excluding diaryl/α,β-unsaturated/α-hetero) is 1. The molecule has 0 heterocycles. The van der Waals surface area contributed by atoms with Crippen molar-refractivity contribution in [1.29, 1.82) is 0 Å². The van der Waals surface area contributed by atoms with Gasteiger partial charge in [-0.1, -0.05) is 30.7 Å². The number of ketones is 1. The summed E-state index contributed by atoms with van der Waals surface area (Å²) in [5.41, 5.74) is 2.34. The summed E-state index contributed by atoms with van der Waals surface area (Å²) < 4.78 is 0. The van der Waals surface area contributed by atoms with E-state index in [-0.39, 0.29) is 0 Å². The highest BCUT2D eigenvalue weighted by atomic mass is 16.1. The first kappa shape index (κ1) is 10.1. The van der Waals surface area contributed by atoms with Gasteiger partial charge in [0.1, 0.15) is 0 Å². The maximum atomic E-state index is 11.9. The van der Waals surface area contributed by atoms with Crippen molar-refractivity contribution >= 4 is 5.78 Å². The van der Waals surface area contributed by atoms with Crippen LogP contribution in [0.1, 0.15) is 60.4 Å². The van der Waals surface area contributed by atoms with Crippen LogP contribution in [0.3, 0.4) is 0 Å². The maximum absolute atomic E-state index is 11.9. The van der Waals surface area contributed by atoms with E-state index in [0.29, 0.717) is 11.7 Å². The predicted molar refractivity (Wildman–Crippen MR) is 64.7 cm³/mol. The van der Waals surface area contributed by atoms with Crippen LogP contribution in [0.5, 0.6) is 0 Å². The summed E-state index contributed by atoms with van der Waals surface area (Å²) in [6, 6.07) is 8.37. The van der Waals surface area contributed by atoms with Crippen LogP contribution in [0.2, 0.25) is 0 Å². The lowest BCUT2D eigenvalue weighted by atomic mass is 9.80. The van der Waals surface area contributed by atoms with Gasteiger partial charge in [-0.15, -0.1) is 0 Å². The SMILES string of the molecule is O=C(CC1CC1)c1ccc(C2CCC2)cc1. The molecule has 2 aliphatic rings. The molecule has 0 atom stereocenters. The standard InChI is InChI=1S/C15H18O/c16-15(10-11-4-5-11)14-8-6-13(7-9-14)12-2-1-3-12/h6-9,11-12H,1-5,10H2. The Hall–Kier alpha value is -1.11. The fraction of sp³-hybridized carbons (Fsp3) is 0.533. The molecule has 1 heteroatoms. The molecule has 0 spiro atoms. The van der Waals surface area contributed by atoms with Crippen molar-refractivity contribution < 1.29 is 4.79 Å². The zero-order valence-corrected chi connectivity index (χ0v) is 9.61. The Kier molecular flexibility index (Phi) is 2.55. The molecular formula is C15H18O. The van der Waals surface area contributed by atoms with Crippen molar-refractivity contribution in [2.24, 2.45) is 5.92 Å². The Bertz CT molecular complexity index is 382. The van der Waals surface area contributed by atoms with Crippen molar-refractivity contribution in [1.82, 2.24) is 0 Å². The number of carbonyl (C=O) groups is 1. The second-order valence-corrected chi connectivity index (χ2v) is 5.32. The summed E-state index contributed by atoms with van der Waals surface area (Å²) in [5, 5.41) is 0. The molecule has 0 aromatic heterocycles. The average Bonchev–Trinajstić information content (AvgIpc) is 3.00. The van der Waals surface area contributed by atoms with Crippen LogP contribution in [0.4, 0.5) is 0 Å². The van der Waals surface area contributed by atoms with Gasteiger partial charge < -0.3 is 0 Å². The van der Waals surface area contributed by atoms with E-state index >= 15 is 0 Å². The van der Waals surface area contributed by atoms with Crippen LogP contribution in [0.15, 0.2) is 24.3 Å². The van der Waals surface area contributed by atoms with Crippen molar-refractivity contribution in [3.8, 4) is 0 Å². The molecule has 1 nitrogen and oxygen atoms in total. The third kappa shape index (κ3) is 2.04. The second-order valence-electron chi connectivity index (χ2n) is 5.32. The van der Waals surface area contributed by atoms with Crippen LogP contribution in [-0.2, 0) is 0 Å².